The lowest BCUT2D eigenvalue weighted by Crippen LogP contribution is -2.48. The van der Waals surface area contributed by atoms with Crippen molar-refractivity contribution in [2.45, 2.75) is 18.1 Å². The average Bonchev–Trinajstić information content (AvgIpc) is 2.52. The summed E-state index contributed by atoms with van der Waals surface area (Å²) in [6.45, 7) is 0. The molecule has 2 aliphatic carbocycles. The Kier molecular flexibility index (Phi) is 2.05. The highest BCUT2D eigenvalue weighted by Crippen LogP contribution is 2.49. The molecule has 0 bridgehead atoms. The van der Waals surface area contributed by atoms with Crippen molar-refractivity contribution in [3.8, 4) is 0 Å². The van der Waals surface area contributed by atoms with Crippen LogP contribution in [0.5, 0.6) is 0 Å². The minimum atomic E-state index is -2.04. The summed E-state index contributed by atoms with van der Waals surface area (Å²) in [5, 5.41) is 29.6. The Morgan fingerprint density at radius 3 is 2.78 bits per heavy atom. The van der Waals surface area contributed by atoms with Gasteiger partial charge in [0.15, 0.2) is 17.2 Å². The van der Waals surface area contributed by atoms with Crippen molar-refractivity contribution < 1.29 is 29.6 Å². The number of Topliss-reactive ketones (excluding diaryl/α,β-unsaturated/α-hetero) is 1. The number of aliphatic hydroxyl groups excluding tert-OH is 2. The van der Waals surface area contributed by atoms with Crippen molar-refractivity contribution in [1.82, 2.24) is 0 Å². The van der Waals surface area contributed by atoms with E-state index in [2.05, 4.69) is 0 Å². The molecule has 0 spiro atoms. The van der Waals surface area contributed by atoms with Gasteiger partial charge in [-0.2, -0.15) is 0 Å². The van der Waals surface area contributed by atoms with Crippen LogP contribution >= 0.6 is 0 Å². The Morgan fingerprint density at radius 2 is 2.06 bits per heavy atom. The largest absolute Gasteiger partial charge is 0.512 e. The van der Waals surface area contributed by atoms with Crippen LogP contribution in [-0.4, -0.2) is 38.6 Å². The van der Waals surface area contributed by atoms with Crippen LogP contribution in [-0.2, 0) is 14.3 Å². The predicted octanol–water partition coefficient (Wildman–Crippen LogP) is -0.510. The van der Waals surface area contributed by atoms with Crippen molar-refractivity contribution in [3.05, 3.63) is 35.5 Å². The molecule has 3 atom stereocenters. The monoisotopic (exact) mass is 250 g/mol. The lowest BCUT2D eigenvalue weighted by Gasteiger charge is -2.29. The van der Waals surface area contributed by atoms with Crippen LogP contribution in [0.15, 0.2) is 35.5 Å². The molecule has 6 heteroatoms. The predicted molar refractivity (Wildman–Crippen MR) is 57.0 cm³/mol. The van der Waals surface area contributed by atoms with E-state index in [-0.39, 0.29) is 17.3 Å². The third-order valence-corrected chi connectivity index (χ3v) is 3.33. The zero-order valence-electron chi connectivity index (χ0n) is 9.16. The summed E-state index contributed by atoms with van der Waals surface area (Å²) >= 11 is 0. The number of fused-ring (bicyclic) bond motifs is 3. The summed E-state index contributed by atoms with van der Waals surface area (Å²) in [5.41, 5.74) is -2.04. The number of allylic oxidation sites excluding steroid dienone is 1. The SMILES string of the molecule is O=C1C=C2OC3=CC(O)C=C(O)C3C2(O)C(=O)C1. The minimum Gasteiger partial charge on any atom is -0.512 e. The van der Waals surface area contributed by atoms with Gasteiger partial charge in [0.2, 0.25) is 0 Å². The van der Waals surface area contributed by atoms with Crippen LogP contribution in [0.1, 0.15) is 6.42 Å². The summed E-state index contributed by atoms with van der Waals surface area (Å²) in [7, 11) is 0. The maximum atomic E-state index is 11.9. The van der Waals surface area contributed by atoms with Crippen molar-refractivity contribution in [1.29, 1.82) is 0 Å². The van der Waals surface area contributed by atoms with E-state index in [0.717, 1.165) is 12.2 Å². The first kappa shape index (κ1) is 11.2. The van der Waals surface area contributed by atoms with Crippen molar-refractivity contribution in [2.75, 3.05) is 0 Å². The normalized spacial score (nSPS) is 38.2. The van der Waals surface area contributed by atoms with E-state index in [1.54, 1.807) is 0 Å². The van der Waals surface area contributed by atoms with Gasteiger partial charge in [-0.05, 0) is 12.2 Å². The molecule has 0 saturated carbocycles. The number of aliphatic hydroxyl groups is 3. The molecular formula is C12H10O6. The Bertz CT molecular complexity index is 555. The molecular weight excluding hydrogens is 240 g/mol. The second-order valence-corrected chi connectivity index (χ2v) is 4.53. The molecule has 94 valence electrons. The molecule has 0 radical (unpaired) electrons. The number of ether oxygens (including phenoxy) is 1. The summed E-state index contributed by atoms with van der Waals surface area (Å²) in [6.07, 6.45) is 1.97. The lowest BCUT2D eigenvalue weighted by molar-refractivity contribution is -0.140. The van der Waals surface area contributed by atoms with Gasteiger partial charge in [-0.15, -0.1) is 0 Å². The quantitative estimate of drug-likeness (QED) is 0.500. The smallest absolute Gasteiger partial charge is 0.198 e. The van der Waals surface area contributed by atoms with Crippen LogP contribution in [0, 0.1) is 5.92 Å². The summed E-state index contributed by atoms with van der Waals surface area (Å²) in [5.74, 6) is -2.69. The third-order valence-electron chi connectivity index (χ3n) is 3.33. The molecule has 1 fully saturated rings. The topological polar surface area (TPSA) is 104 Å². The van der Waals surface area contributed by atoms with Gasteiger partial charge in [0, 0.05) is 6.08 Å². The fourth-order valence-electron chi connectivity index (χ4n) is 2.52. The molecule has 3 rings (SSSR count). The molecule has 1 aliphatic heterocycles. The summed E-state index contributed by atoms with van der Waals surface area (Å²) in [4.78, 5) is 23.1. The maximum Gasteiger partial charge on any atom is 0.198 e. The number of hydrogen-bond donors (Lipinski definition) is 3. The van der Waals surface area contributed by atoms with Gasteiger partial charge in [-0.25, -0.2) is 0 Å². The van der Waals surface area contributed by atoms with E-state index >= 15 is 0 Å². The maximum absolute atomic E-state index is 11.9. The molecule has 0 aromatic rings. The van der Waals surface area contributed by atoms with Crippen molar-refractivity contribution in [2.24, 2.45) is 5.92 Å². The van der Waals surface area contributed by atoms with Crippen LogP contribution in [0.25, 0.3) is 0 Å². The Hall–Kier alpha value is -1.92. The second kappa shape index (κ2) is 3.30. The molecule has 3 aliphatic rings. The molecule has 0 aromatic carbocycles. The van der Waals surface area contributed by atoms with Gasteiger partial charge in [-0.1, -0.05) is 0 Å². The van der Waals surface area contributed by atoms with Gasteiger partial charge >= 0.3 is 0 Å². The van der Waals surface area contributed by atoms with Gasteiger partial charge in [0.1, 0.15) is 23.2 Å². The Morgan fingerprint density at radius 1 is 1.33 bits per heavy atom. The van der Waals surface area contributed by atoms with Crippen LogP contribution in [0.2, 0.25) is 0 Å². The Balaban J connectivity index is 2.17. The summed E-state index contributed by atoms with van der Waals surface area (Å²) < 4.78 is 5.22. The fourth-order valence-corrected chi connectivity index (χ4v) is 2.52. The van der Waals surface area contributed by atoms with Crippen molar-refractivity contribution >= 4 is 11.6 Å². The molecule has 1 heterocycles. The fraction of sp³-hybridized carbons (Fsp3) is 0.333. The Labute approximate surface area is 101 Å². The molecule has 0 amide bonds. The molecule has 1 saturated heterocycles. The first-order chi connectivity index (χ1) is 8.42. The van der Waals surface area contributed by atoms with Crippen molar-refractivity contribution in [3.63, 3.8) is 0 Å². The molecule has 3 unspecified atom stereocenters. The number of carbonyl (C=O) groups is 2. The third kappa shape index (κ3) is 1.24. The highest BCUT2D eigenvalue weighted by molar-refractivity contribution is 6.13. The number of hydrogen-bond acceptors (Lipinski definition) is 6. The highest BCUT2D eigenvalue weighted by atomic mass is 16.5. The van der Waals surface area contributed by atoms with E-state index < -0.39 is 35.6 Å². The van der Waals surface area contributed by atoms with Crippen LogP contribution in [0.3, 0.4) is 0 Å². The zero-order valence-corrected chi connectivity index (χ0v) is 9.16. The van der Waals surface area contributed by atoms with E-state index in [0.29, 0.717) is 0 Å². The first-order valence-corrected chi connectivity index (χ1v) is 5.42. The molecule has 3 N–H and O–H groups in total. The second-order valence-electron chi connectivity index (χ2n) is 4.53. The lowest BCUT2D eigenvalue weighted by atomic mass is 9.76. The van der Waals surface area contributed by atoms with E-state index in [1.807, 2.05) is 0 Å². The van der Waals surface area contributed by atoms with Crippen LogP contribution < -0.4 is 0 Å². The first-order valence-electron chi connectivity index (χ1n) is 5.42. The van der Waals surface area contributed by atoms with Crippen LogP contribution in [0.4, 0.5) is 0 Å². The number of ketones is 2. The number of carbonyl (C=O) groups excluding carboxylic acids is 2. The van der Waals surface area contributed by atoms with E-state index in [1.165, 1.54) is 6.08 Å². The van der Waals surface area contributed by atoms with E-state index in [4.69, 9.17) is 4.74 Å². The average molecular weight is 250 g/mol. The van der Waals surface area contributed by atoms with Gasteiger partial charge in [0.25, 0.3) is 0 Å². The minimum absolute atomic E-state index is 0.0827. The highest BCUT2D eigenvalue weighted by Gasteiger charge is 2.60. The van der Waals surface area contributed by atoms with Gasteiger partial charge in [-0.3, -0.25) is 9.59 Å². The van der Waals surface area contributed by atoms with E-state index in [9.17, 15) is 24.9 Å². The summed E-state index contributed by atoms with van der Waals surface area (Å²) in [6, 6.07) is 0. The van der Waals surface area contributed by atoms with Gasteiger partial charge < -0.3 is 20.1 Å². The molecule has 0 aromatic heterocycles. The molecule has 6 nitrogen and oxygen atoms in total. The zero-order chi connectivity index (χ0) is 13.1. The van der Waals surface area contributed by atoms with Gasteiger partial charge in [0.05, 0.1) is 12.5 Å². The number of rotatable bonds is 0. The standard InChI is InChI=1S/C12H10O6/c13-5-1-7(15)11-8(2-5)18-10-4-6(14)3-9(16)12(10,11)17/h1-2,4-5,11,13,15,17H,3H2. The molecule has 18 heavy (non-hydrogen) atoms.